The standard InChI is InChI=1S/C25H31ClN2O3/c1-18(25(30)27-22-9-4-3-5-10-22)28(17-20-7-6-8-21(26)15-20)24(29)16-19-11-13-23(31-2)14-12-19/h6-8,11-15,18,22H,3-5,9-10,16-17H2,1-2H3,(H,27,30)/t18-/m0/s1. The van der Waals surface area contributed by atoms with Crippen LogP contribution in [0.1, 0.15) is 50.2 Å². The molecule has 0 radical (unpaired) electrons. The first-order chi connectivity index (χ1) is 15.0. The first-order valence-corrected chi connectivity index (χ1v) is 11.3. The lowest BCUT2D eigenvalue weighted by Gasteiger charge is -2.31. The molecule has 0 bridgehead atoms. The largest absolute Gasteiger partial charge is 0.497 e. The molecule has 3 rings (SSSR count). The second kappa shape index (κ2) is 11.2. The molecule has 0 spiro atoms. The molecule has 2 aromatic carbocycles. The van der Waals surface area contributed by atoms with Gasteiger partial charge in [-0.15, -0.1) is 0 Å². The third-order valence-electron chi connectivity index (χ3n) is 5.88. The van der Waals surface area contributed by atoms with Crippen LogP contribution in [0.15, 0.2) is 48.5 Å². The quantitative estimate of drug-likeness (QED) is 0.641. The highest BCUT2D eigenvalue weighted by Gasteiger charge is 2.28. The lowest BCUT2D eigenvalue weighted by Crippen LogP contribution is -2.50. The van der Waals surface area contributed by atoms with Gasteiger partial charge in [-0.2, -0.15) is 0 Å². The van der Waals surface area contributed by atoms with Gasteiger partial charge in [-0.1, -0.05) is 55.1 Å². The summed E-state index contributed by atoms with van der Waals surface area (Å²) in [6, 6.07) is 14.5. The minimum Gasteiger partial charge on any atom is -0.497 e. The average Bonchev–Trinajstić information content (AvgIpc) is 2.78. The second-order valence-corrected chi connectivity index (χ2v) is 8.63. The van der Waals surface area contributed by atoms with Crippen molar-refractivity contribution in [2.24, 2.45) is 0 Å². The SMILES string of the molecule is COc1ccc(CC(=O)N(Cc2cccc(Cl)c2)[C@@H](C)C(=O)NC2CCCCC2)cc1. The number of benzene rings is 2. The fourth-order valence-corrected chi connectivity index (χ4v) is 4.22. The monoisotopic (exact) mass is 442 g/mol. The van der Waals surface area contributed by atoms with Gasteiger partial charge in [0.25, 0.3) is 0 Å². The Morgan fingerprint density at radius 2 is 1.81 bits per heavy atom. The first kappa shape index (κ1) is 23.1. The Morgan fingerprint density at radius 1 is 1.10 bits per heavy atom. The minimum atomic E-state index is -0.577. The van der Waals surface area contributed by atoms with E-state index in [0.717, 1.165) is 42.6 Å². The Balaban J connectivity index is 1.75. The molecule has 0 saturated heterocycles. The molecule has 1 fully saturated rings. The van der Waals surface area contributed by atoms with Gasteiger partial charge < -0.3 is 15.0 Å². The number of nitrogens with one attached hydrogen (secondary N) is 1. The number of carbonyl (C=O) groups excluding carboxylic acids is 2. The number of rotatable bonds is 8. The molecule has 0 aliphatic heterocycles. The van der Waals surface area contributed by atoms with Crippen LogP contribution in [0.4, 0.5) is 0 Å². The number of amides is 2. The Hall–Kier alpha value is -2.53. The van der Waals surface area contributed by atoms with Gasteiger partial charge in [0.2, 0.25) is 11.8 Å². The maximum atomic E-state index is 13.3. The van der Waals surface area contributed by atoms with Crippen molar-refractivity contribution in [3.8, 4) is 5.75 Å². The van der Waals surface area contributed by atoms with E-state index in [1.807, 2.05) is 42.5 Å². The average molecular weight is 443 g/mol. The number of ether oxygens (including phenoxy) is 1. The van der Waals surface area contributed by atoms with E-state index in [-0.39, 0.29) is 24.3 Å². The third-order valence-corrected chi connectivity index (χ3v) is 6.11. The molecule has 1 saturated carbocycles. The van der Waals surface area contributed by atoms with Crippen LogP contribution < -0.4 is 10.1 Å². The molecule has 2 amide bonds. The van der Waals surface area contributed by atoms with Crippen LogP contribution in [0.3, 0.4) is 0 Å². The Labute approximate surface area is 189 Å². The normalized spacial score (nSPS) is 15.2. The van der Waals surface area contributed by atoms with E-state index >= 15 is 0 Å². The van der Waals surface area contributed by atoms with E-state index < -0.39 is 6.04 Å². The van der Waals surface area contributed by atoms with Crippen LogP contribution in [0.2, 0.25) is 5.02 Å². The van der Waals surface area contributed by atoms with E-state index in [2.05, 4.69) is 5.32 Å². The zero-order valence-corrected chi connectivity index (χ0v) is 19.0. The van der Waals surface area contributed by atoms with Gasteiger partial charge in [0.15, 0.2) is 0 Å². The maximum Gasteiger partial charge on any atom is 0.242 e. The lowest BCUT2D eigenvalue weighted by atomic mass is 9.95. The Bertz CT molecular complexity index is 879. The topological polar surface area (TPSA) is 58.6 Å². The van der Waals surface area contributed by atoms with Gasteiger partial charge in [0.05, 0.1) is 13.5 Å². The molecule has 1 aliphatic rings. The van der Waals surface area contributed by atoms with Crippen molar-refractivity contribution in [2.75, 3.05) is 7.11 Å². The molecule has 5 nitrogen and oxygen atoms in total. The van der Waals surface area contributed by atoms with Crippen molar-refractivity contribution < 1.29 is 14.3 Å². The highest BCUT2D eigenvalue weighted by molar-refractivity contribution is 6.30. The third kappa shape index (κ3) is 6.73. The smallest absolute Gasteiger partial charge is 0.242 e. The lowest BCUT2D eigenvalue weighted by molar-refractivity contribution is -0.140. The van der Waals surface area contributed by atoms with Gasteiger partial charge in [0, 0.05) is 17.6 Å². The van der Waals surface area contributed by atoms with E-state index in [0.29, 0.717) is 11.6 Å². The first-order valence-electron chi connectivity index (χ1n) is 10.9. The van der Waals surface area contributed by atoms with E-state index in [9.17, 15) is 9.59 Å². The number of nitrogens with zero attached hydrogens (tertiary/aromatic N) is 1. The van der Waals surface area contributed by atoms with Crippen molar-refractivity contribution in [2.45, 2.75) is 64.1 Å². The molecular weight excluding hydrogens is 412 g/mol. The van der Waals surface area contributed by atoms with Gasteiger partial charge >= 0.3 is 0 Å². The second-order valence-electron chi connectivity index (χ2n) is 8.20. The zero-order valence-electron chi connectivity index (χ0n) is 18.3. The summed E-state index contributed by atoms with van der Waals surface area (Å²) in [5.74, 6) is 0.542. The molecular formula is C25H31ClN2O3. The molecule has 2 aromatic rings. The highest BCUT2D eigenvalue weighted by atomic mass is 35.5. The van der Waals surface area contributed by atoms with Crippen LogP contribution in [0.25, 0.3) is 0 Å². The summed E-state index contributed by atoms with van der Waals surface area (Å²) >= 11 is 6.14. The van der Waals surface area contributed by atoms with Gasteiger partial charge in [-0.25, -0.2) is 0 Å². The van der Waals surface area contributed by atoms with E-state index in [1.165, 1.54) is 6.42 Å². The van der Waals surface area contributed by atoms with Gasteiger partial charge in [-0.3, -0.25) is 9.59 Å². The molecule has 31 heavy (non-hydrogen) atoms. The Morgan fingerprint density at radius 3 is 2.45 bits per heavy atom. The van der Waals surface area contributed by atoms with Gasteiger partial charge in [-0.05, 0) is 55.2 Å². The van der Waals surface area contributed by atoms with Crippen LogP contribution in [-0.4, -0.2) is 35.9 Å². The maximum absolute atomic E-state index is 13.3. The molecule has 0 aromatic heterocycles. The summed E-state index contributed by atoms with van der Waals surface area (Å²) in [7, 11) is 1.61. The van der Waals surface area contributed by atoms with E-state index in [1.54, 1.807) is 25.0 Å². The van der Waals surface area contributed by atoms with Gasteiger partial charge in [0.1, 0.15) is 11.8 Å². The molecule has 166 valence electrons. The molecule has 1 aliphatic carbocycles. The van der Waals surface area contributed by atoms with Crippen LogP contribution in [0, 0.1) is 0 Å². The summed E-state index contributed by atoms with van der Waals surface area (Å²) in [6.07, 6.45) is 5.73. The number of methoxy groups -OCH3 is 1. The van der Waals surface area contributed by atoms with Crippen LogP contribution in [0.5, 0.6) is 5.75 Å². The summed E-state index contributed by atoms with van der Waals surface area (Å²) in [5.41, 5.74) is 1.77. The number of hydrogen-bond acceptors (Lipinski definition) is 3. The molecule has 0 unspecified atom stereocenters. The molecule has 6 heteroatoms. The van der Waals surface area contributed by atoms with Crippen molar-refractivity contribution in [3.05, 3.63) is 64.7 Å². The van der Waals surface area contributed by atoms with Crippen molar-refractivity contribution in [1.82, 2.24) is 10.2 Å². The fraction of sp³-hybridized carbons (Fsp3) is 0.440. The number of hydrogen-bond donors (Lipinski definition) is 1. The minimum absolute atomic E-state index is 0.1000. The van der Waals surface area contributed by atoms with Crippen LogP contribution in [-0.2, 0) is 22.6 Å². The molecule has 0 heterocycles. The number of halogens is 1. The fourth-order valence-electron chi connectivity index (χ4n) is 4.00. The number of carbonyl (C=O) groups is 2. The summed E-state index contributed by atoms with van der Waals surface area (Å²) < 4.78 is 5.19. The Kier molecular flexibility index (Phi) is 8.35. The van der Waals surface area contributed by atoms with Crippen LogP contribution >= 0.6 is 11.6 Å². The van der Waals surface area contributed by atoms with E-state index in [4.69, 9.17) is 16.3 Å². The summed E-state index contributed by atoms with van der Waals surface area (Å²) in [4.78, 5) is 27.9. The molecule has 1 N–H and O–H groups in total. The predicted molar refractivity (Wildman–Crippen MR) is 123 cm³/mol. The zero-order chi connectivity index (χ0) is 22.2. The van der Waals surface area contributed by atoms with Crippen molar-refractivity contribution >= 4 is 23.4 Å². The van der Waals surface area contributed by atoms with Crippen molar-refractivity contribution in [3.63, 3.8) is 0 Å². The molecule has 1 atom stereocenters. The summed E-state index contributed by atoms with van der Waals surface area (Å²) in [6.45, 7) is 2.13. The predicted octanol–water partition coefficient (Wildman–Crippen LogP) is 4.76. The highest BCUT2D eigenvalue weighted by Crippen LogP contribution is 2.20. The van der Waals surface area contributed by atoms with Crippen molar-refractivity contribution in [1.29, 1.82) is 0 Å². The summed E-state index contributed by atoms with van der Waals surface area (Å²) in [5, 5.41) is 3.77.